The van der Waals surface area contributed by atoms with Crippen LogP contribution in [0.15, 0.2) is 0 Å². The lowest BCUT2D eigenvalue weighted by Gasteiger charge is -1.98. The zero-order chi connectivity index (χ0) is 7.78. The maximum atomic E-state index is 12.6. The number of ketones is 1. The van der Waals surface area contributed by atoms with E-state index in [1.165, 1.54) is 0 Å². The average molecular weight is 146 g/mol. The number of aliphatic carboxylic acids is 1. The normalized spacial score (nSPS) is 20.1. The van der Waals surface area contributed by atoms with Crippen molar-refractivity contribution < 1.29 is 19.1 Å². The molecule has 1 aliphatic carbocycles. The minimum atomic E-state index is -1.78. The highest BCUT2D eigenvalue weighted by molar-refractivity contribution is 6.01. The summed E-state index contributed by atoms with van der Waals surface area (Å²) in [6, 6.07) is 0. The molecule has 1 N–H and O–H groups in total. The van der Waals surface area contributed by atoms with E-state index in [-0.39, 0.29) is 12.8 Å². The molecular weight excluding hydrogens is 139 g/mol. The first-order valence-electron chi connectivity index (χ1n) is 2.99. The summed E-state index contributed by atoms with van der Waals surface area (Å²) >= 11 is 0. The zero-order valence-electron chi connectivity index (χ0n) is 5.26. The van der Waals surface area contributed by atoms with Crippen molar-refractivity contribution in [2.24, 2.45) is 0 Å². The van der Waals surface area contributed by atoms with Gasteiger partial charge >= 0.3 is 5.97 Å². The summed E-state index contributed by atoms with van der Waals surface area (Å²) in [5.41, 5.74) is -1.78. The summed E-state index contributed by atoms with van der Waals surface area (Å²) in [5.74, 6) is -2.05. The van der Waals surface area contributed by atoms with Crippen molar-refractivity contribution in [3.63, 3.8) is 0 Å². The van der Waals surface area contributed by atoms with E-state index in [4.69, 9.17) is 5.11 Å². The Morgan fingerprint density at radius 1 is 1.50 bits per heavy atom. The van der Waals surface area contributed by atoms with Crippen molar-refractivity contribution in [3.05, 3.63) is 0 Å². The summed E-state index contributed by atoms with van der Waals surface area (Å²) in [5, 5.41) is 8.09. The van der Waals surface area contributed by atoms with Crippen LogP contribution in [0.25, 0.3) is 0 Å². The molecule has 3 nitrogen and oxygen atoms in total. The zero-order valence-corrected chi connectivity index (χ0v) is 5.26. The van der Waals surface area contributed by atoms with Gasteiger partial charge in [0.05, 0.1) is 0 Å². The molecule has 0 saturated heterocycles. The highest BCUT2D eigenvalue weighted by Gasteiger charge is 2.50. The summed E-state index contributed by atoms with van der Waals surface area (Å²) in [7, 11) is 0. The van der Waals surface area contributed by atoms with Gasteiger partial charge in [0.1, 0.15) is 6.42 Å². The van der Waals surface area contributed by atoms with Crippen LogP contribution in [-0.4, -0.2) is 22.5 Å². The molecule has 1 fully saturated rings. The molecule has 0 aromatic carbocycles. The number of Topliss-reactive ketones (excluding diaryl/α,β-unsaturated/α-hetero) is 1. The fourth-order valence-corrected chi connectivity index (χ4v) is 0.684. The smallest absolute Gasteiger partial charge is 0.311 e. The molecule has 0 spiro atoms. The molecule has 10 heavy (non-hydrogen) atoms. The Kier molecular flexibility index (Phi) is 1.46. The van der Waals surface area contributed by atoms with E-state index < -0.39 is 23.8 Å². The van der Waals surface area contributed by atoms with Crippen molar-refractivity contribution in [1.29, 1.82) is 0 Å². The Hall–Kier alpha value is -0.930. The minimum absolute atomic E-state index is 0.194. The number of halogens is 1. The first kappa shape index (κ1) is 7.18. The monoisotopic (exact) mass is 146 g/mol. The van der Waals surface area contributed by atoms with Crippen molar-refractivity contribution in [3.8, 4) is 0 Å². The van der Waals surface area contributed by atoms with Gasteiger partial charge in [0, 0.05) is 0 Å². The number of carbonyl (C=O) groups is 2. The average Bonchev–Trinajstić information content (AvgIpc) is 2.47. The van der Waals surface area contributed by atoms with Crippen LogP contribution in [0.3, 0.4) is 0 Å². The number of hydrogen-bond donors (Lipinski definition) is 1. The van der Waals surface area contributed by atoms with Crippen molar-refractivity contribution in [2.75, 3.05) is 0 Å². The van der Waals surface area contributed by atoms with E-state index in [9.17, 15) is 14.0 Å². The molecule has 0 aromatic rings. The Balaban J connectivity index is 2.43. The van der Waals surface area contributed by atoms with Crippen LogP contribution in [0.1, 0.15) is 19.3 Å². The van der Waals surface area contributed by atoms with Gasteiger partial charge in [-0.2, -0.15) is 0 Å². The van der Waals surface area contributed by atoms with Crippen LogP contribution >= 0.6 is 0 Å². The second kappa shape index (κ2) is 2.04. The van der Waals surface area contributed by atoms with Gasteiger partial charge in [-0.25, -0.2) is 4.39 Å². The highest BCUT2D eigenvalue weighted by Crippen LogP contribution is 2.41. The van der Waals surface area contributed by atoms with Gasteiger partial charge in [0.2, 0.25) is 0 Å². The molecular formula is C6H7FO3. The van der Waals surface area contributed by atoms with Gasteiger partial charge in [0.15, 0.2) is 11.5 Å². The summed E-state index contributed by atoms with van der Waals surface area (Å²) in [4.78, 5) is 20.5. The number of hydrogen-bond acceptors (Lipinski definition) is 2. The van der Waals surface area contributed by atoms with Crippen molar-refractivity contribution in [1.82, 2.24) is 0 Å². The first-order valence-corrected chi connectivity index (χ1v) is 2.99. The Labute approximate surface area is 56.8 Å². The predicted octanol–water partition coefficient (Wildman–Crippen LogP) is 0.532. The van der Waals surface area contributed by atoms with E-state index in [2.05, 4.69) is 0 Å². The van der Waals surface area contributed by atoms with Gasteiger partial charge < -0.3 is 5.11 Å². The molecule has 0 aliphatic heterocycles. The molecule has 1 rings (SSSR count). The van der Waals surface area contributed by atoms with E-state index in [1.54, 1.807) is 0 Å². The largest absolute Gasteiger partial charge is 0.481 e. The summed E-state index contributed by atoms with van der Waals surface area (Å²) in [6.07, 6.45) is -0.297. The maximum Gasteiger partial charge on any atom is 0.311 e. The second-order valence-electron chi connectivity index (χ2n) is 2.46. The van der Waals surface area contributed by atoms with Crippen molar-refractivity contribution in [2.45, 2.75) is 24.9 Å². The third kappa shape index (κ3) is 1.32. The van der Waals surface area contributed by atoms with Crippen LogP contribution in [0.5, 0.6) is 0 Å². The van der Waals surface area contributed by atoms with Crippen LogP contribution in [-0.2, 0) is 9.59 Å². The lowest BCUT2D eigenvalue weighted by atomic mass is 10.2. The summed E-state index contributed by atoms with van der Waals surface area (Å²) < 4.78 is 12.6. The molecule has 1 aliphatic rings. The van der Waals surface area contributed by atoms with Gasteiger partial charge in [-0.3, -0.25) is 9.59 Å². The SMILES string of the molecule is O=C(O)CC(=O)C1(F)CC1. The van der Waals surface area contributed by atoms with Gasteiger partial charge in [-0.05, 0) is 12.8 Å². The number of alkyl halides is 1. The Morgan fingerprint density at radius 2 is 2.00 bits per heavy atom. The Morgan fingerprint density at radius 3 is 2.30 bits per heavy atom. The number of rotatable bonds is 3. The quantitative estimate of drug-likeness (QED) is 0.591. The van der Waals surface area contributed by atoms with Crippen LogP contribution in [0.4, 0.5) is 4.39 Å². The summed E-state index contributed by atoms with van der Waals surface area (Å²) in [6.45, 7) is 0. The maximum absolute atomic E-state index is 12.6. The molecule has 0 heterocycles. The van der Waals surface area contributed by atoms with E-state index in [0.29, 0.717) is 0 Å². The molecule has 0 aromatic heterocycles. The van der Waals surface area contributed by atoms with Crippen LogP contribution < -0.4 is 0 Å². The number of carbonyl (C=O) groups excluding carboxylic acids is 1. The molecule has 0 amide bonds. The van der Waals surface area contributed by atoms with E-state index >= 15 is 0 Å². The minimum Gasteiger partial charge on any atom is -0.481 e. The number of carboxylic acids is 1. The molecule has 0 unspecified atom stereocenters. The first-order chi connectivity index (χ1) is 4.54. The van der Waals surface area contributed by atoms with Gasteiger partial charge in [0.25, 0.3) is 0 Å². The van der Waals surface area contributed by atoms with Gasteiger partial charge in [-0.15, -0.1) is 0 Å². The molecule has 0 atom stereocenters. The van der Waals surface area contributed by atoms with E-state index in [1.807, 2.05) is 0 Å². The fraction of sp³-hybridized carbons (Fsp3) is 0.667. The predicted molar refractivity (Wildman–Crippen MR) is 30.3 cm³/mol. The molecule has 0 bridgehead atoms. The third-order valence-electron chi connectivity index (χ3n) is 1.50. The highest BCUT2D eigenvalue weighted by atomic mass is 19.1. The lowest BCUT2D eigenvalue weighted by Crippen LogP contribution is -2.19. The Bertz CT molecular complexity index is 183. The van der Waals surface area contributed by atoms with Gasteiger partial charge in [-0.1, -0.05) is 0 Å². The second-order valence-corrected chi connectivity index (χ2v) is 2.46. The molecule has 4 heteroatoms. The lowest BCUT2D eigenvalue weighted by molar-refractivity contribution is -0.142. The van der Waals surface area contributed by atoms with Crippen LogP contribution in [0.2, 0.25) is 0 Å². The van der Waals surface area contributed by atoms with Crippen LogP contribution in [0, 0.1) is 0 Å². The topological polar surface area (TPSA) is 54.4 Å². The standard InChI is InChI=1S/C6H7FO3/c7-6(1-2-6)4(8)3-5(9)10/h1-3H2,(H,9,10). The van der Waals surface area contributed by atoms with Crippen molar-refractivity contribution >= 4 is 11.8 Å². The molecule has 0 radical (unpaired) electrons. The fourth-order valence-electron chi connectivity index (χ4n) is 0.684. The molecule has 1 saturated carbocycles. The third-order valence-corrected chi connectivity index (χ3v) is 1.50. The molecule has 56 valence electrons. The number of carboxylic acid groups (broad SMARTS) is 1. The van der Waals surface area contributed by atoms with E-state index in [0.717, 1.165) is 0 Å².